The van der Waals surface area contributed by atoms with E-state index in [0.717, 1.165) is 29.1 Å². The van der Waals surface area contributed by atoms with Crippen molar-refractivity contribution in [3.8, 4) is 17.3 Å². The van der Waals surface area contributed by atoms with Crippen molar-refractivity contribution in [2.45, 2.75) is 32.9 Å². The molecule has 35 heavy (non-hydrogen) atoms. The fourth-order valence-corrected chi connectivity index (χ4v) is 3.72. The summed E-state index contributed by atoms with van der Waals surface area (Å²) in [4.78, 5) is 2.02. The Labute approximate surface area is 204 Å². The molecule has 0 unspecified atom stereocenters. The molecule has 190 valence electrons. The quantitative estimate of drug-likeness (QED) is 0.363. The van der Waals surface area contributed by atoms with E-state index < -0.39 is 17.7 Å². The van der Waals surface area contributed by atoms with Crippen LogP contribution < -0.4 is 4.74 Å². The number of rotatable bonds is 14. The number of halogens is 2. The fourth-order valence-electron chi connectivity index (χ4n) is 3.72. The first-order valence-electron chi connectivity index (χ1n) is 11.7. The van der Waals surface area contributed by atoms with Gasteiger partial charge in [0.2, 0.25) is 5.88 Å². The van der Waals surface area contributed by atoms with E-state index in [9.17, 15) is 13.9 Å². The summed E-state index contributed by atoms with van der Waals surface area (Å²) >= 11 is 0. The molecule has 7 nitrogen and oxygen atoms in total. The van der Waals surface area contributed by atoms with Crippen LogP contribution >= 0.6 is 0 Å². The molecular weight excluding hydrogens is 456 g/mol. The van der Waals surface area contributed by atoms with Gasteiger partial charge in [-0.15, -0.1) is 0 Å². The second kappa shape index (κ2) is 13.3. The maximum absolute atomic E-state index is 14.5. The summed E-state index contributed by atoms with van der Waals surface area (Å²) < 4.78 is 46.4. The van der Waals surface area contributed by atoms with E-state index in [4.69, 9.17) is 19.3 Å². The molecule has 0 saturated carbocycles. The second-order valence-corrected chi connectivity index (χ2v) is 8.05. The molecular formula is C26H33F2N3O4. The van der Waals surface area contributed by atoms with Gasteiger partial charge in [-0.05, 0) is 37.6 Å². The van der Waals surface area contributed by atoms with Crippen LogP contribution in [0.4, 0.5) is 8.78 Å². The molecule has 1 aromatic heterocycles. The first-order chi connectivity index (χ1) is 17.0. The highest BCUT2D eigenvalue weighted by atomic mass is 19.1. The van der Waals surface area contributed by atoms with Gasteiger partial charge in [0, 0.05) is 39.4 Å². The Morgan fingerprint density at radius 3 is 2.54 bits per heavy atom. The van der Waals surface area contributed by atoms with Gasteiger partial charge in [-0.2, -0.15) is 5.10 Å². The summed E-state index contributed by atoms with van der Waals surface area (Å²) in [5.74, 6) is -1.26. The first-order valence-corrected chi connectivity index (χ1v) is 11.7. The number of aryl methyl sites for hydroxylation is 1. The van der Waals surface area contributed by atoms with Gasteiger partial charge in [0.05, 0.1) is 36.3 Å². The second-order valence-electron chi connectivity index (χ2n) is 8.05. The zero-order chi connectivity index (χ0) is 25.2. The molecule has 0 aliphatic carbocycles. The normalized spacial score (nSPS) is 12.3. The maximum Gasteiger partial charge on any atom is 0.227 e. The molecule has 0 spiro atoms. The average Bonchev–Trinajstić information content (AvgIpc) is 3.20. The van der Waals surface area contributed by atoms with Crippen LogP contribution in [0.1, 0.15) is 25.1 Å². The molecule has 1 N–H and O–H groups in total. The zero-order valence-electron chi connectivity index (χ0n) is 20.4. The van der Waals surface area contributed by atoms with Crippen LogP contribution in [0, 0.1) is 11.6 Å². The number of ether oxygens (including phenoxy) is 3. The number of benzene rings is 2. The van der Waals surface area contributed by atoms with Crippen LogP contribution in [0.15, 0.2) is 48.5 Å². The lowest BCUT2D eigenvalue weighted by molar-refractivity contribution is 0.0147. The van der Waals surface area contributed by atoms with Crippen LogP contribution in [0.25, 0.3) is 5.69 Å². The largest absolute Gasteiger partial charge is 0.435 e. The number of para-hydroxylation sites is 1. The van der Waals surface area contributed by atoms with Crippen molar-refractivity contribution >= 4 is 0 Å². The van der Waals surface area contributed by atoms with E-state index in [0.29, 0.717) is 45.1 Å². The summed E-state index contributed by atoms with van der Waals surface area (Å²) in [5, 5.41) is 15.2. The van der Waals surface area contributed by atoms with Gasteiger partial charge in [0.25, 0.3) is 0 Å². The van der Waals surface area contributed by atoms with Gasteiger partial charge in [-0.3, -0.25) is 4.90 Å². The van der Waals surface area contributed by atoms with Gasteiger partial charge >= 0.3 is 0 Å². The maximum atomic E-state index is 14.5. The molecule has 2 aromatic carbocycles. The van der Waals surface area contributed by atoms with E-state index in [1.165, 1.54) is 6.07 Å². The minimum Gasteiger partial charge on any atom is -0.435 e. The van der Waals surface area contributed by atoms with E-state index in [1.54, 1.807) is 11.8 Å². The van der Waals surface area contributed by atoms with Gasteiger partial charge in [-0.1, -0.05) is 25.1 Å². The molecule has 1 heterocycles. The van der Waals surface area contributed by atoms with Gasteiger partial charge in [-0.25, -0.2) is 13.5 Å². The molecule has 9 heteroatoms. The third-order valence-electron chi connectivity index (χ3n) is 5.43. The molecule has 0 radical (unpaired) electrons. The number of aromatic nitrogens is 2. The minimum absolute atomic E-state index is 0.104. The Balaban J connectivity index is 2.02. The highest BCUT2D eigenvalue weighted by molar-refractivity contribution is 5.44. The smallest absolute Gasteiger partial charge is 0.227 e. The van der Waals surface area contributed by atoms with E-state index in [-0.39, 0.29) is 12.4 Å². The van der Waals surface area contributed by atoms with Crippen molar-refractivity contribution in [2.24, 2.45) is 0 Å². The van der Waals surface area contributed by atoms with Crippen molar-refractivity contribution in [1.82, 2.24) is 14.7 Å². The van der Waals surface area contributed by atoms with Crippen LogP contribution in [0.2, 0.25) is 0 Å². The monoisotopic (exact) mass is 489 g/mol. The predicted molar refractivity (Wildman–Crippen MR) is 129 cm³/mol. The lowest BCUT2D eigenvalue weighted by Gasteiger charge is -2.25. The number of hydrogen-bond acceptors (Lipinski definition) is 6. The lowest BCUT2D eigenvalue weighted by Crippen LogP contribution is -2.36. The molecule has 0 aliphatic rings. The SMILES string of the molecule is CCOC[C@H](O)CN(CCOC)Cc1c(CC)nn(-c2ccccc2)c1Oc1ccc(F)cc1F. The van der Waals surface area contributed by atoms with Gasteiger partial charge in [0.15, 0.2) is 11.6 Å². The highest BCUT2D eigenvalue weighted by Gasteiger charge is 2.24. The first kappa shape index (κ1) is 26.7. The molecule has 0 aliphatic heterocycles. The van der Waals surface area contributed by atoms with Gasteiger partial charge < -0.3 is 19.3 Å². The lowest BCUT2D eigenvalue weighted by atomic mass is 10.1. The number of hydrogen-bond donors (Lipinski definition) is 1. The summed E-state index contributed by atoms with van der Waals surface area (Å²) in [6, 6.07) is 12.6. The van der Waals surface area contributed by atoms with Crippen molar-refractivity contribution in [2.75, 3.05) is 40.0 Å². The van der Waals surface area contributed by atoms with Crippen molar-refractivity contribution in [1.29, 1.82) is 0 Å². The van der Waals surface area contributed by atoms with E-state index >= 15 is 0 Å². The third-order valence-corrected chi connectivity index (χ3v) is 5.43. The highest BCUT2D eigenvalue weighted by Crippen LogP contribution is 2.33. The van der Waals surface area contributed by atoms with Crippen LogP contribution in [-0.4, -0.2) is 65.9 Å². The third kappa shape index (κ3) is 7.32. The standard InChI is InChI=1S/C26H33F2N3O4/c1-4-24-22(17-30(13-14-33-3)16-21(32)18-34-5-2)26(31(29-24)20-9-7-6-8-10-20)35-25-12-11-19(27)15-23(25)28/h6-12,15,21,32H,4-5,13-14,16-18H2,1-3H3/t21-/m1/s1. The number of methoxy groups -OCH3 is 1. The topological polar surface area (TPSA) is 69.0 Å². The van der Waals surface area contributed by atoms with Crippen molar-refractivity contribution < 1.29 is 28.1 Å². The van der Waals surface area contributed by atoms with Crippen LogP contribution in [-0.2, 0) is 22.4 Å². The number of aliphatic hydroxyl groups excluding tert-OH is 1. The van der Waals surface area contributed by atoms with Crippen molar-refractivity contribution in [3.05, 3.63) is 71.4 Å². The van der Waals surface area contributed by atoms with E-state index in [2.05, 4.69) is 0 Å². The molecule has 1 atom stereocenters. The summed E-state index contributed by atoms with van der Waals surface area (Å²) in [7, 11) is 1.62. The summed E-state index contributed by atoms with van der Waals surface area (Å²) in [6.45, 7) is 6.30. The summed E-state index contributed by atoms with van der Waals surface area (Å²) in [6.07, 6.45) is -0.0863. The number of nitrogens with zero attached hydrogens (tertiary/aromatic N) is 3. The van der Waals surface area contributed by atoms with Crippen LogP contribution in [0.3, 0.4) is 0 Å². The summed E-state index contributed by atoms with van der Waals surface area (Å²) in [5.41, 5.74) is 2.26. The molecule has 3 rings (SSSR count). The van der Waals surface area contributed by atoms with Crippen molar-refractivity contribution in [3.63, 3.8) is 0 Å². The van der Waals surface area contributed by atoms with Gasteiger partial charge in [0.1, 0.15) is 5.82 Å². The predicted octanol–water partition coefficient (Wildman–Crippen LogP) is 4.35. The molecule has 0 bridgehead atoms. The molecule has 0 amide bonds. The zero-order valence-corrected chi connectivity index (χ0v) is 20.4. The Kier molecular flexibility index (Phi) is 10.2. The van der Waals surface area contributed by atoms with Crippen LogP contribution in [0.5, 0.6) is 11.6 Å². The molecule has 3 aromatic rings. The Bertz CT molecular complexity index is 1060. The minimum atomic E-state index is -0.807. The van der Waals surface area contributed by atoms with E-state index in [1.807, 2.05) is 49.1 Å². The Morgan fingerprint density at radius 1 is 1.11 bits per heavy atom. The molecule has 0 saturated heterocycles. The number of aliphatic hydroxyl groups is 1. The average molecular weight is 490 g/mol. The molecule has 0 fully saturated rings. The Hall–Kier alpha value is -2.85. The Morgan fingerprint density at radius 2 is 1.89 bits per heavy atom. The fraction of sp³-hybridized carbons (Fsp3) is 0.423.